The van der Waals surface area contributed by atoms with Crippen LogP contribution in [0, 0.1) is 0 Å². The number of methoxy groups -OCH3 is 1. The van der Waals surface area contributed by atoms with E-state index in [0.717, 1.165) is 5.69 Å². The van der Waals surface area contributed by atoms with Crippen molar-refractivity contribution in [2.45, 2.75) is 0 Å². The maximum atomic E-state index is 10.8. The van der Waals surface area contributed by atoms with Crippen LogP contribution in [0.25, 0.3) is 0 Å². The Balaban J connectivity index is 2.71. The van der Waals surface area contributed by atoms with Gasteiger partial charge in [0.2, 0.25) is 0 Å². The van der Waals surface area contributed by atoms with Crippen molar-refractivity contribution in [2.24, 2.45) is 0 Å². The Morgan fingerprint density at radius 1 is 1.38 bits per heavy atom. The molecule has 0 fully saturated rings. The number of hydrogen-bond acceptors (Lipinski definition) is 3. The van der Waals surface area contributed by atoms with Gasteiger partial charge in [0, 0.05) is 18.4 Å². The summed E-state index contributed by atoms with van der Waals surface area (Å²) in [4.78, 5) is 10.8. The van der Waals surface area contributed by atoms with Crippen LogP contribution >= 0.6 is 0 Å². The maximum absolute atomic E-state index is 10.8. The standard InChI is InChI=1S/C9H12N2O2/c1-10-7-4-3-5-8(6-7)11-9(12)13-2/h3-6,10H,1-2H3,(H,11,12). The van der Waals surface area contributed by atoms with E-state index in [-0.39, 0.29) is 0 Å². The highest BCUT2D eigenvalue weighted by atomic mass is 16.5. The third kappa shape index (κ3) is 2.66. The van der Waals surface area contributed by atoms with Gasteiger partial charge in [0.15, 0.2) is 0 Å². The average molecular weight is 180 g/mol. The van der Waals surface area contributed by atoms with Gasteiger partial charge in [-0.2, -0.15) is 0 Å². The van der Waals surface area contributed by atoms with Crippen LogP contribution in [0.15, 0.2) is 24.3 Å². The summed E-state index contributed by atoms with van der Waals surface area (Å²) in [6, 6.07) is 7.36. The van der Waals surface area contributed by atoms with E-state index in [1.54, 1.807) is 6.07 Å². The van der Waals surface area contributed by atoms with Crippen LogP contribution in [0.4, 0.5) is 16.2 Å². The lowest BCUT2D eigenvalue weighted by molar-refractivity contribution is 0.187. The van der Waals surface area contributed by atoms with Crippen LogP contribution in [0.2, 0.25) is 0 Å². The Bertz CT molecular complexity index is 299. The molecule has 0 unspecified atom stereocenters. The molecule has 13 heavy (non-hydrogen) atoms. The molecule has 0 radical (unpaired) electrons. The molecule has 0 saturated carbocycles. The fraction of sp³-hybridized carbons (Fsp3) is 0.222. The van der Waals surface area contributed by atoms with E-state index in [1.165, 1.54) is 7.11 Å². The van der Waals surface area contributed by atoms with Crippen LogP contribution in [0.1, 0.15) is 0 Å². The van der Waals surface area contributed by atoms with Crippen LogP contribution in [-0.2, 0) is 4.74 Å². The first kappa shape index (κ1) is 9.38. The van der Waals surface area contributed by atoms with Gasteiger partial charge in [0.25, 0.3) is 0 Å². The van der Waals surface area contributed by atoms with Crippen molar-refractivity contribution in [1.82, 2.24) is 0 Å². The molecule has 0 spiro atoms. The van der Waals surface area contributed by atoms with Gasteiger partial charge in [-0.25, -0.2) is 4.79 Å². The quantitative estimate of drug-likeness (QED) is 0.730. The van der Waals surface area contributed by atoms with Gasteiger partial charge in [0.1, 0.15) is 0 Å². The molecule has 1 aromatic carbocycles. The number of ether oxygens (including phenoxy) is 1. The van der Waals surface area contributed by atoms with E-state index in [2.05, 4.69) is 15.4 Å². The molecule has 0 heterocycles. The van der Waals surface area contributed by atoms with Crippen LogP contribution in [-0.4, -0.2) is 20.3 Å². The molecule has 0 aliphatic heterocycles. The second-order valence-corrected chi connectivity index (χ2v) is 2.45. The lowest BCUT2D eigenvalue weighted by Gasteiger charge is -2.05. The number of rotatable bonds is 2. The van der Waals surface area contributed by atoms with Gasteiger partial charge < -0.3 is 10.1 Å². The fourth-order valence-electron chi connectivity index (χ4n) is 0.921. The van der Waals surface area contributed by atoms with Crippen LogP contribution in [0.5, 0.6) is 0 Å². The fourth-order valence-corrected chi connectivity index (χ4v) is 0.921. The SMILES string of the molecule is CNc1cccc(NC(=O)OC)c1. The predicted octanol–water partition coefficient (Wildman–Crippen LogP) is 1.91. The Kier molecular flexibility index (Phi) is 3.14. The monoisotopic (exact) mass is 180 g/mol. The molecule has 0 bridgehead atoms. The van der Waals surface area contributed by atoms with Crippen LogP contribution < -0.4 is 10.6 Å². The molecule has 70 valence electrons. The zero-order valence-electron chi connectivity index (χ0n) is 7.63. The summed E-state index contributed by atoms with van der Waals surface area (Å²) in [5.41, 5.74) is 1.65. The lowest BCUT2D eigenvalue weighted by Crippen LogP contribution is -2.10. The summed E-state index contributed by atoms with van der Waals surface area (Å²) < 4.78 is 4.46. The number of nitrogens with one attached hydrogen (secondary N) is 2. The first-order chi connectivity index (χ1) is 6.26. The van der Waals surface area contributed by atoms with E-state index in [4.69, 9.17) is 0 Å². The highest BCUT2D eigenvalue weighted by Gasteiger charge is 1.99. The van der Waals surface area contributed by atoms with Crippen molar-refractivity contribution in [3.05, 3.63) is 24.3 Å². The molecule has 4 heteroatoms. The maximum Gasteiger partial charge on any atom is 0.411 e. The second-order valence-electron chi connectivity index (χ2n) is 2.45. The Morgan fingerprint density at radius 3 is 2.69 bits per heavy atom. The third-order valence-corrected chi connectivity index (χ3v) is 1.58. The van der Waals surface area contributed by atoms with Gasteiger partial charge >= 0.3 is 6.09 Å². The smallest absolute Gasteiger partial charge is 0.411 e. The molecule has 1 rings (SSSR count). The highest BCUT2D eigenvalue weighted by molar-refractivity contribution is 5.85. The molecule has 1 aromatic rings. The molecule has 0 aliphatic rings. The minimum atomic E-state index is -0.465. The molecule has 2 N–H and O–H groups in total. The van der Waals surface area contributed by atoms with Crippen molar-refractivity contribution < 1.29 is 9.53 Å². The topological polar surface area (TPSA) is 50.4 Å². The van der Waals surface area contributed by atoms with E-state index in [9.17, 15) is 4.79 Å². The van der Waals surface area contributed by atoms with Crippen molar-refractivity contribution in [1.29, 1.82) is 0 Å². The highest BCUT2D eigenvalue weighted by Crippen LogP contribution is 2.14. The molecule has 0 saturated heterocycles. The van der Waals surface area contributed by atoms with Crippen molar-refractivity contribution in [2.75, 3.05) is 24.8 Å². The summed E-state index contributed by atoms with van der Waals surface area (Å²) in [5.74, 6) is 0. The summed E-state index contributed by atoms with van der Waals surface area (Å²) in [7, 11) is 3.15. The summed E-state index contributed by atoms with van der Waals surface area (Å²) >= 11 is 0. The van der Waals surface area contributed by atoms with Gasteiger partial charge in [-0.3, -0.25) is 5.32 Å². The van der Waals surface area contributed by atoms with Crippen molar-refractivity contribution in [3.8, 4) is 0 Å². The molecule has 0 aliphatic carbocycles. The first-order valence-electron chi connectivity index (χ1n) is 3.89. The Morgan fingerprint density at radius 2 is 2.08 bits per heavy atom. The van der Waals surface area contributed by atoms with Crippen LogP contribution in [0.3, 0.4) is 0 Å². The van der Waals surface area contributed by atoms with Crippen molar-refractivity contribution >= 4 is 17.5 Å². The summed E-state index contributed by atoms with van der Waals surface area (Å²) in [6.45, 7) is 0. The van der Waals surface area contributed by atoms with E-state index in [1.807, 2.05) is 25.2 Å². The lowest BCUT2D eigenvalue weighted by atomic mass is 10.3. The molecule has 0 aromatic heterocycles. The normalized spacial score (nSPS) is 9.08. The molecular weight excluding hydrogens is 168 g/mol. The molecule has 0 atom stereocenters. The van der Waals surface area contributed by atoms with E-state index >= 15 is 0 Å². The Hall–Kier alpha value is -1.71. The minimum absolute atomic E-state index is 0.465. The summed E-state index contributed by atoms with van der Waals surface area (Å²) in [6.07, 6.45) is -0.465. The number of benzene rings is 1. The molecule has 1 amide bonds. The predicted molar refractivity (Wildman–Crippen MR) is 52.0 cm³/mol. The molecular formula is C9H12N2O2. The van der Waals surface area contributed by atoms with Gasteiger partial charge in [-0.05, 0) is 18.2 Å². The average Bonchev–Trinajstić information content (AvgIpc) is 2.18. The first-order valence-corrected chi connectivity index (χ1v) is 3.89. The zero-order chi connectivity index (χ0) is 9.68. The number of hydrogen-bond donors (Lipinski definition) is 2. The second kappa shape index (κ2) is 4.35. The third-order valence-electron chi connectivity index (χ3n) is 1.58. The van der Waals surface area contributed by atoms with Gasteiger partial charge in [-0.15, -0.1) is 0 Å². The number of anilines is 2. The largest absolute Gasteiger partial charge is 0.453 e. The number of carbonyl (C=O) groups excluding carboxylic acids is 1. The van der Waals surface area contributed by atoms with E-state index in [0.29, 0.717) is 5.69 Å². The number of amides is 1. The zero-order valence-corrected chi connectivity index (χ0v) is 7.63. The van der Waals surface area contributed by atoms with Gasteiger partial charge in [0.05, 0.1) is 7.11 Å². The number of carbonyl (C=O) groups is 1. The summed E-state index contributed by atoms with van der Waals surface area (Å²) in [5, 5.41) is 5.53. The minimum Gasteiger partial charge on any atom is -0.453 e. The van der Waals surface area contributed by atoms with Gasteiger partial charge in [-0.1, -0.05) is 6.07 Å². The van der Waals surface area contributed by atoms with E-state index < -0.39 is 6.09 Å². The molecule has 4 nitrogen and oxygen atoms in total. The van der Waals surface area contributed by atoms with Crippen molar-refractivity contribution in [3.63, 3.8) is 0 Å². The Labute approximate surface area is 76.9 Å².